The molecule has 1 saturated heterocycles. The summed E-state index contributed by atoms with van der Waals surface area (Å²) in [6.07, 6.45) is -1.60. The lowest BCUT2D eigenvalue weighted by molar-refractivity contribution is -0.259. The Kier molecular flexibility index (Phi) is 4.98. The Morgan fingerprint density at radius 3 is 2.13 bits per heavy atom. The van der Waals surface area contributed by atoms with Crippen LogP contribution in [-0.4, -0.2) is 68.1 Å². The van der Waals surface area contributed by atoms with Gasteiger partial charge in [0.25, 0.3) is 0 Å². The molecule has 1 spiro atoms. The van der Waals surface area contributed by atoms with Crippen molar-refractivity contribution in [1.82, 2.24) is 0 Å². The van der Waals surface area contributed by atoms with Crippen LogP contribution in [-0.2, 0) is 29.1 Å². The fourth-order valence-electron chi connectivity index (χ4n) is 5.79. The van der Waals surface area contributed by atoms with Crippen molar-refractivity contribution < 1.29 is 58.3 Å². The van der Waals surface area contributed by atoms with Crippen molar-refractivity contribution in [3.63, 3.8) is 0 Å². The van der Waals surface area contributed by atoms with Crippen LogP contribution in [0.4, 0.5) is 26.3 Å². The Morgan fingerprint density at radius 1 is 1.00 bits per heavy atom. The molecule has 1 N–H and O–H groups in total. The van der Waals surface area contributed by atoms with E-state index >= 15 is 0 Å². The standard InChI is InChI=1S/C17H20F6O7S/c18-15(19)6-28-10-1-9-2-14(12(24)30-8-17(22,23)31(25,26)27)5-11(4-13(9,14)3-10)29-7-16(15,20)21/h9-11H,1-8H2,(H,25,26,27). The highest BCUT2D eigenvalue weighted by molar-refractivity contribution is 7.86. The summed E-state index contributed by atoms with van der Waals surface area (Å²) in [5.41, 5.74) is -2.34. The Morgan fingerprint density at radius 2 is 1.55 bits per heavy atom. The van der Waals surface area contributed by atoms with Crippen LogP contribution >= 0.6 is 0 Å². The molecule has 0 aromatic heterocycles. The second-order valence-corrected chi connectivity index (χ2v) is 10.5. The van der Waals surface area contributed by atoms with Crippen LogP contribution in [0.15, 0.2) is 0 Å². The number of esters is 1. The topological polar surface area (TPSA) is 99.1 Å². The number of hydrogen-bond donors (Lipinski definition) is 1. The second kappa shape index (κ2) is 6.70. The molecule has 31 heavy (non-hydrogen) atoms. The summed E-state index contributed by atoms with van der Waals surface area (Å²) in [7, 11) is -5.82. The first-order chi connectivity index (χ1) is 14.1. The maximum absolute atomic E-state index is 13.9. The molecule has 0 radical (unpaired) electrons. The molecule has 5 atom stereocenters. The fraction of sp³-hybridized carbons (Fsp3) is 0.941. The predicted molar refractivity (Wildman–Crippen MR) is 88.3 cm³/mol. The zero-order valence-electron chi connectivity index (χ0n) is 16.0. The molecule has 4 rings (SSSR count). The zero-order chi connectivity index (χ0) is 23.1. The van der Waals surface area contributed by atoms with Crippen molar-refractivity contribution in [2.45, 2.75) is 61.4 Å². The lowest BCUT2D eigenvalue weighted by Gasteiger charge is -2.56. The minimum Gasteiger partial charge on any atom is -0.457 e. The van der Waals surface area contributed by atoms with E-state index in [0.717, 1.165) is 0 Å². The molecular weight excluding hydrogens is 462 g/mol. The summed E-state index contributed by atoms with van der Waals surface area (Å²) in [5, 5.41) is -4.72. The van der Waals surface area contributed by atoms with Crippen LogP contribution in [0.2, 0.25) is 0 Å². The molecule has 14 heteroatoms. The third-order valence-electron chi connectivity index (χ3n) is 7.31. The highest BCUT2D eigenvalue weighted by Gasteiger charge is 2.77. The molecule has 0 aromatic rings. The normalized spacial score (nSPS) is 41.2. The van der Waals surface area contributed by atoms with Crippen LogP contribution in [0.5, 0.6) is 0 Å². The highest BCUT2D eigenvalue weighted by Crippen LogP contribution is 2.76. The Hall–Kier alpha value is -1.12. The van der Waals surface area contributed by atoms with Gasteiger partial charge in [-0.15, -0.1) is 0 Å². The molecule has 0 amide bonds. The Balaban J connectivity index is 1.58. The molecule has 1 aliphatic heterocycles. The SMILES string of the molecule is O=C(OCC(F)(F)S(=O)(=O)O)C12CC3CC14CC(CC4C2)OCC(F)(F)C(F)(F)CO3. The smallest absolute Gasteiger partial charge is 0.402 e. The summed E-state index contributed by atoms with van der Waals surface area (Å²) in [5.74, 6) is -10.3. The van der Waals surface area contributed by atoms with Gasteiger partial charge in [-0.25, -0.2) is 0 Å². The second-order valence-electron chi connectivity index (χ2n) is 8.95. The van der Waals surface area contributed by atoms with Gasteiger partial charge in [-0.05, 0) is 43.4 Å². The van der Waals surface area contributed by atoms with Crippen molar-refractivity contribution in [1.29, 1.82) is 0 Å². The van der Waals surface area contributed by atoms with E-state index < -0.39 is 76.0 Å². The lowest BCUT2D eigenvalue weighted by Crippen LogP contribution is -2.57. The van der Waals surface area contributed by atoms with Crippen molar-refractivity contribution in [3.8, 4) is 0 Å². The van der Waals surface area contributed by atoms with Crippen LogP contribution in [0, 0.1) is 16.7 Å². The van der Waals surface area contributed by atoms with Crippen LogP contribution in [0.1, 0.15) is 32.1 Å². The van der Waals surface area contributed by atoms with E-state index in [2.05, 4.69) is 4.74 Å². The molecule has 5 unspecified atom stereocenters. The van der Waals surface area contributed by atoms with Gasteiger partial charge in [-0.2, -0.15) is 34.8 Å². The minimum absolute atomic E-state index is 0.0585. The fourth-order valence-corrected chi connectivity index (χ4v) is 6.00. The van der Waals surface area contributed by atoms with E-state index in [9.17, 15) is 39.6 Å². The van der Waals surface area contributed by atoms with Crippen molar-refractivity contribution in [2.24, 2.45) is 16.7 Å². The summed E-state index contributed by atoms with van der Waals surface area (Å²) in [6.45, 7) is -5.05. The molecule has 3 saturated carbocycles. The third kappa shape index (κ3) is 3.27. The number of halogens is 6. The van der Waals surface area contributed by atoms with Crippen molar-refractivity contribution >= 4 is 16.1 Å². The lowest BCUT2D eigenvalue weighted by atomic mass is 9.46. The van der Waals surface area contributed by atoms with Gasteiger partial charge in [0.1, 0.15) is 13.2 Å². The molecule has 178 valence electrons. The van der Waals surface area contributed by atoms with Crippen LogP contribution < -0.4 is 0 Å². The van der Waals surface area contributed by atoms with Gasteiger partial charge in [0.05, 0.1) is 17.6 Å². The number of hydrogen-bond acceptors (Lipinski definition) is 6. The quantitative estimate of drug-likeness (QED) is 0.374. The zero-order valence-corrected chi connectivity index (χ0v) is 16.8. The van der Waals surface area contributed by atoms with E-state index in [0.29, 0.717) is 0 Å². The third-order valence-corrected chi connectivity index (χ3v) is 8.18. The van der Waals surface area contributed by atoms with Gasteiger partial charge in [0.15, 0.2) is 6.61 Å². The van der Waals surface area contributed by atoms with E-state index in [1.54, 1.807) is 0 Å². The monoisotopic (exact) mass is 482 g/mol. The van der Waals surface area contributed by atoms with E-state index in [4.69, 9.17) is 14.0 Å². The molecule has 0 aromatic carbocycles. The molecule has 1 heterocycles. The molecular formula is C17H20F6O7S. The average Bonchev–Trinajstić information content (AvgIpc) is 3.05. The van der Waals surface area contributed by atoms with E-state index in [-0.39, 0.29) is 38.0 Å². The maximum Gasteiger partial charge on any atom is 0.402 e. The summed E-state index contributed by atoms with van der Waals surface area (Å²) in [6, 6.07) is 0. The van der Waals surface area contributed by atoms with Crippen LogP contribution in [0.25, 0.3) is 0 Å². The van der Waals surface area contributed by atoms with Gasteiger partial charge >= 0.3 is 33.2 Å². The van der Waals surface area contributed by atoms with E-state index in [1.807, 2.05) is 0 Å². The summed E-state index contributed by atoms with van der Waals surface area (Å²) in [4.78, 5) is 12.8. The molecule has 3 bridgehead atoms. The summed E-state index contributed by atoms with van der Waals surface area (Å²) >= 11 is 0. The first kappa shape index (κ1) is 23.1. The van der Waals surface area contributed by atoms with Gasteiger partial charge in [0.2, 0.25) is 0 Å². The predicted octanol–water partition coefficient (Wildman–Crippen LogP) is 2.65. The molecule has 4 aliphatic rings. The number of ether oxygens (including phenoxy) is 3. The number of carbonyl (C=O) groups excluding carboxylic acids is 1. The van der Waals surface area contributed by atoms with Gasteiger partial charge < -0.3 is 14.2 Å². The van der Waals surface area contributed by atoms with Crippen molar-refractivity contribution in [3.05, 3.63) is 0 Å². The largest absolute Gasteiger partial charge is 0.457 e. The van der Waals surface area contributed by atoms with Gasteiger partial charge in [0, 0.05) is 0 Å². The number of alkyl halides is 6. The van der Waals surface area contributed by atoms with Crippen LogP contribution in [0.3, 0.4) is 0 Å². The van der Waals surface area contributed by atoms with Gasteiger partial charge in [-0.3, -0.25) is 9.35 Å². The van der Waals surface area contributed by atoms with Crippen molar-refractivity contribution in [2.75, 3.05) is 19.8 Å². The molecule has 7 nitrogen and oxygen atoms in total. The maximum atomic E-state index is 13.9. The number of fused-ring (bicyclic) bond motifs is 2. The first-order valence-electron chi connectivity index (χ1n) is 9.56. The highest BCUT2D eigenvalue weighted by atomic mass is 32.2. The minimum atomic E-state index is -5.82. The number of carbonyl (C=O) groups is 1. The molecule has 4 fully saturated rings. The Bertz CT molecular complexity index is 876. The molecule has 3 aliphatic carbocycles. The van der Waals surface area contributed by atoms with E-state index in [1.165, 1.54) is 0 Å². The van der Waals surface area contributed by atoms with Gasteiger partial charge in [-0.1, -0.05) is 0 Å². The number of rotatable bonds is 4. The first-order valence-corrected chi connectivity index (χ1v) is 11.0. The average molecular weight is 482 g/mol. The Labute approximate surface area is 173 Å². The summed E-state index contributed by atoms with van der Waals surface area (Å²) < 4.78 is 127.